The molecule has 4 atom stereocenters. The number of oxime groups is 1. The summed E-state index contributed by atoms with van der Waals surface area (Å²) in [5, 5.41) is 15.7. The van der Waals surface area contributed by atoms with Crippen LogP contribution in [-0.4, -0.2) is 17.1 Å². The fourth-order valence-electron chi connectivity index (χ4n) is 3.53. The van der Waals surface area contributed by atoms with Gasteiger partial charge in [0.1, 0.15) is 5.84 Å². The molecule has 0 aromatic heterocycles. The maximum atomic E-state index is 8.86. The SMILES string of the molecule is CCC1CCC(NC(CC(N)=NO)c2ccccc2)C1C. The lowest BCUT2D eigenvalue weighted by atomic mass is 9.92. The van der Waals surface area contributed by atoms with Gasteiger partial charge in [-0.3, -0.25) is 0 Å². The summed E-state index contributed by atoms with van der Waals surface area (Å²) in [4.78, 5) is 0. The lowest BCUT2D eigenvalue weighted by Gasteiger charge is -2.27. The van der Waals surface area contributed by atoms with Crippen LogP contribution in [0.3, 0.4) is 0 Å². The molecule has 0 heterocycles. The van der Waals surface area contributed by atoms with Gasteiger partial charge in [0.05, 0.1) is 0 Å². The van der Waals surface area contributed by atoms with Crippen LogP contribution in [0.1, 0.15) is 51.1 Å². The van der Waals surface area contributed by atoms with Crippen LogP contribution in [0.15, 0.2) is 35.5 Å². The van der Waals surface area contributed by atoms with Gasteiger partial charge in [0.15, 0.2) is 0 Å². The molecule has 1 aliphatic rings. The molecular formula is C17H27N3O. The topological polar surface area (TPSA) is 70.6 Å². The van der Waals surface area contributed by atoms with E-state index in [1.54, 1.807) is 0 Å². The second kappa shape index (κ2) is 7.46. The minimum absolute atomic E-state index is 0.102. The van der Waals surface area contributed by atoms with Crippen LogP contribution in [0.4, 0.5) is 0 Å². The van der Waals surface area contributed by atoms with Crippen molar-refractivity contribution in [3.8, 4) is 0 Å². The van der Waals surface area contributed by atoms with Crippen molar-refractivity contribution in [2.75, 3.05) is 0 Å². The zero-order valence-electron chi connectivity index (χ0n) is 13.0. The number of rotatable bonds is 6. The minimum Gasteiger partial charge on any atom is -0.409 e. The molecule has 4 N–H and O–H groups in total. The monoisotopic (exact) mass is 289 g/mol. The zero-order chi connectivity index (χ0) is 15.2. The van der Waals surface area contributed by atoms with Crippen LogP contribution in [0.5, 0.6) is 0 Å². The Balaban J connectivity index is 2.10. The summed E-state index contributed by atoms with van der Waals surface area (Å²) in [7, 11) is 0. The normalized spacial score (nSPS) is 27.7. The van der Waals surface area contributed by atoms with Gasteiger partial charge in [0.25, 0.3) is 0 Å². The molecule has 0 radical (unpaired) electrons. The number of nitrogens with two attached hydrogens (primary N) is 1. The summed E-state index contributed by atoms with van der Waals surface area (Å²) in [6.45, 7) is 4.61. The molecule has 1 fully saturated rings. The average molecular weight is 289 g/mol. The van der Waals surface area contributed by atoms with Gasteiger partial charge in [0, 0.05) is 18.5 Å². The molecule has 21 heavy (non-hydrogen) atoms. The van der Waals surface area contributed by atoms with Crippen molar-refractivity contribution in [3.63, 3.8) is 0 Å². The standard InChI is InChI=1S/C17H27N3O/c1-3-13-9-10-15(12(13)2)19-16(11-17(18)20-21)14-7-5-4-6-8-14/h4-8,12-13,15-16,19,21H,3,9-11H2,1-2H3,(H2,18,20). The highest BCUT2D eigenvalue weighted by molar-refractivity contribution is 5.80. The van der Waals surface area contributed by atoms with Crippen molar-refractivity contribution in [2.45, 2.75) is 51.6 Å². The van der Waals surface area contributed by atoms with Gasteiger partial charge in [-0.05, 0) is 30.2 Å². The first-order valence-corrected chi connectivity index (χ1v) is 7.93. The third kappa shape index (κ3) is 3.97. The lowest BCUT2D eigenvalue weighted by Crippen LogP contribution is -2.37. The van der Waals surface area contributed by atoms with Gasteiger partial charge >= 0.3 is 0 Å². The highest BCUT2D eigenvalue weighted by Gasteiger charge is 2.33. The van der Waals surface area contributed by atoms with Gasteiger partial charge < -0.3 is 16.3 Å². The Kier molecular flexibility index (Phi) is 5.62. The van der Waals surface area contributed by atoms with Crippen molar-refractivity contribution in [1.82, 2.24) is 5.32 Å². The van der Waals surface area contributed by atoms with Gasteiger partial charge in [0.2, 0.25) is 0 Å². The van der Waals surface area contributed by atoms with Crippen molar-refractivity contribution >= 4 is 5.84 Å². The van der Waals surface area contributed by atoms with E-state index < -0.39 is 0 Å². The molecule has 4 heteroatoms. The van der Waals surface area contributed by atoms with Crippen molar-refractivity contribution < 1.29 is 5.21 Å². The van der Waals surface area contributed by atoms with E-state index in [-0.39, 0.29) is 11.9 Å². The van der Waals surface area contributed by atoms with Gasteiger partial charge in [-0.1, -0.05) is 55.8 Å². The van der Waals surface area contributed by atoms with Gasteiger partial charge in [-0.25, -0.2) is 0 Å². The number of hydrogen-bond acceptors (Lipinski definition) is 3. The van der Waals surface area contributed by atoms with E-state index in [2.05, 4.69) is 36.5 Å². The Bertz CT molecular complexity index is 460. The first-order chi connectivity index (χ1) is 10.2. The molecule has 0 saturated heterocycles. The van der Waals surface area contributed by atoms with Crippen molar-refractivity contribution in [2.24, 2.45) is 22.7 Å². The number of nitrogens with one attached hydrogen (secondary N) is 1. The van der Waals surface area contributed by atoms with E-state index in [9.17, 15) is 0 Å². The van der Waals surface area contributed by atoms with Crippen LogP contribution in [-0.2, 0) is 0 Å². The third-order valence-electron chi connectivity index (χ3n) is 4.91. The molecule has 0 spiro atoms. The summed E-state index contributed by atoms with van der Waals surface area (Å²) in [6, 6.07) is 10.9. The first-order valence-electron chi connectivity index (χ1n) is 7.93. The quantitative estimate of drug-likeness (QED) is 0.326. The van der Waals surface area contributed by atoms with E-state index in [1.807, 2.05) is 18.2 Å². The van der Waals surface area contributed by atoms with Crippen LogP contribution in [0.2, 0.25) is 0 Å². The molecule has 4 unspecified atom stereocenters. The van der Waals surface area contributed by atoms with Crippen molar-refractivity contribution in [3.05, 3.63) is 35.9 Å². The average Bonchev–Trinajstić information content (AvgIpc) is 2.87. The highest BCUT2D eigenvalue weighted by Crippen LogP contribution is 2.35. The Morgan fingerprint density at radius 2 is 2.10 bits per heavy atom. The summed E-state index contributed by atoms with van der Waals surface area (Å²) >= 11 is 0. The molecule has 0 aliphatic heterocycles. The van der Waals surface area contributed by atoms with Crippen LogP contribution >= 0.6 is 0 Å². The van der Waals surface area contributed by atoms with Gasteiger partial charge in [-0.15, -0.1) is 0 Å². The van der Waals surface area contributed by atoms with E-state index in [0.717, 1.165) is 5.92 Å². The van der Waals surface area contributed by atoms with E-state index in [1.165, 1.54) is 24.8 Å². The zero-order valence-corrected chi connectivity index (χ0v) is 13.0. The van der Waals surface area contributed by atoms with Crippen LogP contribution in [0, 0.1) is 11.8 Å². The predicted octanol–water partition coefficient (Wildman–Crippen LogP) is 3.28. The predicted molar refractivity (Wildman–Crippen MR) is 86.3 cm³/mol. The molecule has 4 nitrogen and oxygen atoms in total. The van der Waals surface area contributed by atoms with E-state index in [0.29, 0.717) is 18.4 Å². The molecule has 1 saturated carbocycles. The first kappa shape index (κ1) is 15.8. The number of nitrogens with zero attached hydrogens (tertiary/aromatic N) is 1. The Hall–Kier alpha value is -1.55. The fourth-order valence-corrected chi connectivity index (χ4v) is 3.53. The maximum Gasteiger partial charge on any atom is 0.141 e. The Labute approximate surface area is 127 Å². The molecule has 1 aliphatic carbocycles. The second-order valence-electron chi connectivity index (χ2n) is 6.14. The Morgan fingerprint density at radius 1 is 1.38 bits per heavy atom. The molecular weight excluding hydrogens is 262 g/mol. The smallest absolute Gasteiger partial charge is 0.141 e. The minimum atomic E-state index is 0.102. The lowest BCUT2D eigenvalue weighted by molar-refractivity contribution is 0.309. The molecule has 1 aromatic carbocycles. The Morgan fingerprint density at radius 3 is 2.67 bits per heavy atom. The summed E-state index contributed by atoms with van der Waals surface area (Å²) < 4.78 is 0. The van der Waals surface area contributed by atoms with E-state index >= 15 is 0 Å². The molecule has 116 valence electrons. The maximum absolute atomic E-state index is 8.86. The molecule has 0 bridgehead atoms. The highest BCUT2D eigenvalue weighted by atomic mass is 16.4. The molecule has 1 aromatic rings. The summed E-state index contributed by atoms with van der Waals surface area (Å²) in [5.41, 5.74) is 6.92. The van der Waals surface area contributed by atoms with Crippen LogP contribution < -0.4 is 11.1 Å². The number of benzene rings is 1. The molecule has 2 rings (SSSR count). The summed E-state index contributed by atoms with van der Waals surface area (Å²) in [6.07, 6.45) is 4.27. The second-order valence-corrected chi connectivity index (χ2v) is 6.14. The van der Waals surface area contributed by atoms with Crippen LogP contribution in [0.25, 0.3) is 0 Å². The number of amidine groups is 1. The largest absolute Gasteiger partial charge is 0.409 e. The summed E-state index contributed by atoms with van der Waals surface area (Å²) in [5.74, 6) is 1.75. The van der Waals surface area contributed by atoms with Crippen molar-refractivity contribution in [1.29, 1.82) is 0 Å². The third-order valence-corrected chi connectivity index (χ3v) is 4.91. The fraction of sp³-hybridized carbons (Fsp3) is 0.588. The number of hydrogen-bond donors (Lipinski definition) is 3. The van der Waals surface area contributed by atoms with Gasteiger partial charge in [-0.2, -0.15) is 0 Å². The molecule has 0 amide bonds. The van der Waals surface area contributed by atoms with E-state index in [4.69, 9.17) is 10.9 Å².